The molecule has 1 aliphatic heterocycles. The molecule has 5 heteroatoms. The third-order valence-corrected chi connectivity index (χ3v) is 5.06. The zero-order valence-corrected chi connectivity index (χ0v) is 17.3. The summed E-state index contributed by atoms with van der Waals surface area (Å²) in [4.78, 5) is 25.1. The minimum absolute atomic E-state index is 0.117. The average molecular weight is 419 g/mol. The SMILES string of the molecule is Cc1ccc(/C=C2\Oc3cc(OC(=O)Cc4ccc(Cl)cc4)cc(C)c3C2=O)cc1. The van der Waals surface area contributed by atoms with Crippen LogP contribution in [0.4, 0.5) is 0 Å². The number of allylic oxidation sites excluding steroid dienone is 1. The van der Waals surface area contributed by atoms with Gasteiger partial charge in [0.15, 0.2) is 5.76 Å². The van der Waals surface area contributed by atoms with Crippen molar-refractivity contribution in [2.75, 3.05) is 0 Å². The van der Waals surface area contributed by atoms with Crippen molar-refractivity contribution >= 4 is 29.4 Å². The molecule has 0 N–H and O–H groups in total. The van der Waals surface area contributed by atoms with Crippen molar-refractivity contribution < 1.29 is 19.1 Å². The van der Waals surface area contributed by atoms with Gasteiger partial charge in [0, 0.05) is 11.1 Å². The molecule has 0 atom stereocenters. The molecule has 0 spiro atoms. The second-order valence-electron chi connectivity index (χ2n) is 7.24. The van der Waals surface area contributed by atoms with E-state index < -0.39 is 5.97 Å². The first-order valence-electron chi connectivity index (χ1n) is 9.50. The van der Waals surface area contributed by atoms with Crippen LogP contribution in [0.3, 0.4) is 0 Å². The monoisotopic (exact) mass is 418 g/mol. The first kappa shape index (κ1) is 19.9. The number of ether oxygens (including phenoxy) is 2. The molecule has 0 aliphatic carbocycles. The smallest absolute Gasteiger partial charge is 0.315 e. The van der Waals surface area contributed by atoms with Crippen molar-refractivity contribution in [1.29, 1.82) is 0 Å². The summed E-state index contributed by atoms with van der Waals surface area (Å²) >= 11 is 5.87. The third-order valence-electron chi connectivity index (χ3n) is 4.81. The van der Waals surface area contributed by atoms with E-state index in [-0.39, 0.29) is 18.0 Å². The lowest BCUT2D eigenvalue weighted by Crippen LogP contribution is -2.11. The molecule has 0 aromatic heterocycles. The van der Waals surface area contributed by atoms with Crippen molar-refractivity contribution in [3.05, 3.63) is 99.3 Å². The van der Waals surface area contributed by atoms with Gasteiger partial charge in [-0.3, -0.25) is 9.59 Å². The van der Waals surface area contributed by atoms with Crippen molar-refractivity contribution in [1.82, 2.24) is 0 Å². The summed E-state index contributed by atoms with van der Waals surface area (Å²) in [5.74, 6) is 0.405. The molecule has 4 nitrogen and oxygen atoms in total. The highest BCUT2D eigenvalue weighted by atomic mass is 35.5. The Morgan fingerprint density at radius 2 is 1.73 bits per heavy atom. The molecule has 1 heterocycles. The van der Waals surface area contributed by atoms with E-state index in [1.807, 2.05) is 31.2 Å². The molecule has 1 aliphatic rings. The van der Waals surface area contributed by atoms with Gasteiger partial charge in [-0.05, 0) is 54.8 Å². The molecule has 150 valence electrons. The molecular weight excluding hydrogens is 400 g/mol. The van der Waals surface area contributed by atoms with Crippen LogP contribution in [0.25, 0.3) is 6.08 Å². The summed E-state index contributed by atoms with van der Waals surface area (Å²) in [6, 6.07) is 18.1. The van der Waals surface area contributed by atoms with Gasteiger partial charge in [0.05, 0.1) is 12.0 Å². The summed E-state index contributed by atoms with van der Waals surface area (Å²) in [6.07, 6.45) is 1.83. The van der Waals surface area contributed by atoms with Crippen LogP contribution in [0.2, 0.25) is 5.02 Å². The maximum absolute atomic E-state index is 12.8. The topological polar surface area (TPSA) is 52.6 Å². The van der Waals surface area contributed by atoms with Crippen molar-refractivity contribution in [2.24, 2.45) is 0 Å². The van der Waals surface area contributed by atoms with Crippen LogP contribution >= 0.6 is 11.6 Å². The second kappa shape index (κ2) is 8.17. The Balaban J connectivity index is 1.52. The van der Waals surface area contributed by atoms with Gasteiger partial charge in [-0.1, -0.05) is 53.6 Å². The van der Waals surface area contributed by atoms with Crippen molar-refractivity contribution in [3.8, 4) is 11.5 Å². The number of benzene rings is 3. The summed E-state index contributed by atoms with van der Waals surface area (Å²) < 4.78 is 11.3. The molecule has 0 radical (unpaired) electrons. The predicted octanol–water partition coefficient (Wildman–Crippen LogP) is 5.72. The van der Waals surface area contributed by atoms with Gasteiger partial charge in [0.1, 0.15) is 11.5 Å². The van der Waals surface area contributed by atoms with Crippen molar-refractivity contribution in [3.63, 3.8) is 0 Å². The molecule has 3 aromatic carbocycles. The first-order valence-corrected chi connectivity index (χ1v) is 9.87. The second-order valence-corrected chi connectivity index (χ2v) is 7.68. The van der Waals surface area contributed by atoms with Crippen molar-refractivity contribution in [2.45, 2.75) is 20.3 Å². The Labute approximate surface area is 179 Å². The number of aryl methyl sites for hydroxylation is 2. The molecule has 0 fully saturated rings. The van der Waals surface area contributed by atoms with E-state index in [0.29, 0.717) is 27.6 Å². The Morgan fingerprint density at radius 1 is 1.03 bits per heavy atom. The molecule has 30 heavy (non-hydrogen) atoms. The minimum atomic E-state index is -0.406. The number of fused-ring (bicyclic) bond motifs is 1. The van der Waals surface area contributed by atoms with Crippen LogP contribution in [0, 0.1) is 13.8 Å². The van der Waals surface area contributed by atoms with Crippen LogP contribution in [-0.4, -0.2) is 11.8 Å². The van der Waals surface area contributed by atoms with Gasteiger partial charge in [-0.15, -0.1) is 0 Å². The van der Waals surface area contributed by atoms with E-state index in [1.165, 1.54) is 0 Å². The molecule has 4 rings (SSSR count). The highest BCUT2D eigenvalue weighted by Gasteiger charge is 2.30. The molecule has 0 amide bonds. The Bertz CT molecular complexity index is 1160. The zero-order chi connectivity index (χ0) is 21.3. The lowest BCUT2D eigenvalue weighted by molar-refractivity contribution is -0.133. The van der Waals surface area contributed by atoms with E-state index in [2.05, 4.69) is 0 Å². The fourth-order valence-corrected chi connectivity index (χ4v) is 3.41. The summed E-state index contributed by atoms with van der Waals surface area (Å²) in [5, 5.41) is 0.609. The maximum Gasteiger partial charge on any atom is 0.315 e. The van der Waals surface area contributed by atoms with Gasteiger partial charge >= 0.3 is 5.97 Å². The van der Waals surface area contributed by atoms with E-state index in [9.17, 15) is 9.59 Å². The van der Waals surface area contributed by atoms with E-state index >= 15 is 0 Å². The molecule has 3 aromatic rings. The largest absolute Gasteiger partial charge is 0.452 e. The lowest BCUT2D eigenvalue weighted by atomic mass is 10.0. The standard InChI is InChI=1S/C25H19ClO4/c1-15-3-5-17(6-4-15)12-22-25(28)24-16(2)11-20(14-21(24)30-22)29-23(27)13-18-7-9-19(26)10-8-18/h3-12,14H,13H2,1-2H3/b22-12-. The van der Waals surface area contributed by atoms with Crippen LogP contribution in [0.5, 0.6) is 11.5 Å². The quantitative estimate of drug-likeness (QED) is 0.309. The van der Waals surface area contributed by atoms with Gasteiger partial charge in [0.2, 0.25) is 5.78 Å². The van der Waals surface area contributed by atoms with Gasteiger partial charge in [0.25, 0.3) is 0 Å². The van der Waals surface area contributed by atoms with Crippen LogP contribution in [-0.2, 0) is 11.2 Å². The van der Waals surface area contributed by atoms with Crippen LogP contribution in [0.1, 0.15) is 32.6 Å². The predicted molar refractivity (Wildman–Crippen MR) is 116 cm³/mol. The van der Waals surface area contributed by atoms with E-state index in [0.717, 1.165) is 16.7 Å². The fraction of sp³-hybridized carbons (Fsp3) is 0.120. The number of carbonyl (C=O) groups excluding carboxylic acids is 2. The highest BCUT2D eigenvalue weighted by molar-refractivity contribution is 6.30. The number of esters is 1. The number of carbonyl (C=O) groups is 2. The third kappa shape index (κ3) is 4.29. The van der Waals surface area contributed by atoms with E-state index in [4.69, 9.17) is 21.1 Å². The Morgan fingerprint density at radius 3 is 2.43 bits per heavy atom. The maximum atomic E-state index is 12.8. The minimum Gasteiger partial charge on any atom is -0.452 e. The van der Waals surface area contributed by atoms with Crippen LogP contribution in [0.15, 0.2) is 66.4 Å². The van der Waals surface area contributed by atoms with Gasteiger partial charge in [-0.25, -0.2) is 0 Å². The normalized spacial score (nSPS) is 13.8. The zero-order valence-electron chi connectivity index (χ0n) is 16.6. The summed E-state index contributed by atoms with van der Waals surface area (Å²) in [6.45, 7) is 3.80. The molecular formula is C25H19ClO4. The number of hydrogen-bond acceptors (Lipinski definition) is 4. The number of hydrogen-bond donors (Lipinski definition) is 0. The Hall–Kier alpha value is -3.37. The fourth-order valence-electron chi connectivity index (χ4n) is 3.29. The van der Waals surface area contributed by atoms with Crippen LogP contribution < -0.4 is 9.47 Å². The number of rotatable bonds is 4. The number of halogens is 1. The number of Topliss-reactive ketones (excluding diaryl/α,β-unsaturated/α-hetero) is 1. The molecule has 0 unspecified atom stereocenters. The van der Waals surface area contributed by atoms with E-state index in [1.54, 1.807) is 49.4 Å². The average Bonchev–Trinajstić information content (AvgIpc) is 3.01. The highest BCUT2D eigenvalue weighted by Crippen LogP contribution is 2.37. The van der Waals surface area contributed by atoms with Gasteiger partial charge < -0.3 is 9.47 Å². The molecule has 0 saturated carbocycles. The molecule has 0 bridgehead atoms. The lowest BCUT2D eigenvalue weighted by Gasteiger charge is -2.08. The Kier molecular flexibility index (Phi) is 5.42. The summed E-state index contributed by atoms with van der Waals surface area (Å²) in [7, 11) is 0. The number of ketones is 1. The first-order chi connectivity index (χ1) is 14.4. The molecule has 0 saturated heterocycles. The van der Waals surface area contributed by atoms with Gasteiger partial charge in [-0.2, -0.15) is 0 Å². The summed E-state index contributed by atoms with van der Waals surface area (Å²) in [5.41, 5.74) is 4.01.